The normalized spacial score (nSPS) is 15.7. The van der Waals surface area contributed by atoms with Crippen LogP contribution in [0.1, 0.15) is 36.8 Å². The highest BCUT2D eigenvalue weighted by Gasteiger charge is 2.16. The molecule has 0 heterocycles. The highest BCUT2D eigenvalue weighted by molar-refractivity contribution is 9.10. The largest absolute Gasteiger partial charge is 0.335 e. The lowest BCUT2D eigenvalue weighted by Gasteiger charge is -2.14. The molecule has 0 unspecified atom stereocenters. The van der Waals surface area contributed by atoms with E-state index in [0.29, 0.717) is 12.6 Å². The number of urea groups is 1. The van der Waals surface area contributed by atoms with Crippen LogP contribution in [0, 0.1) is 6.92 Å². The highest BCUT2D eigenvalue weighted by Crippen LogP contribution is 2.18. The predicted octanol–water partition coefficient (Wildman–Crippen LogP) is 3.50. The van der Waals surface area contributed by atoms with Gasteiger partial charge in [-0.25, -0.2) is 4.79 Å². The molecule has 2 N–H and O–H groups in total. The van der Waals surface area contributed by atoms with E-state index < -0.39 is 0 Å². The first-order valence-corrected chi connectivity index (χ1v) is 7.24. The fraction of sp³-hybridized carbons (Fsp3) is 0.500. The van der Waals surface area contributed by atoms with Crippen LogP contribution in [0.25, 0.3) is 0 Å². The molecule has 1 aliphatic rings. The third-order valence-corrected chi connectivity index (χ3v) is 3.93. The number of amides is 2. The molecule has 3 nitrogen and oxygen atoms in total. The Hall–Kier alpha value is -1.03. The molecule has 1 fully saturated rings. The quantitative estimate of drug-likeness (QED) is 0.881. The SMILES string of the molecule is Cc1ccc(Br)cc1CNC(=O)NC1CCCC1. The van der Waals surface area contributed by atoms with Crippen molar-refractivity contribution in [1.82, 2.24) is 10.6 Å². The summed E-state index contributed by atoms with van der Waals surface area (Å²) in [5.41, 5.74) is 2.34. The van der Waals surface area contributed by atoms with Crippen molar-refractivity contribution in [1.29, 1.82) is 0 Å². The first kappa shape index (κ1) is 13.4. The third kappa shape index (κ3) is 3.73. The summed E-state index contributed by atoms with van der Waals surface area (Å²) in [7, 11) is 0. The summed E-state index contributed by atoms with van der Waals surface area (Å²) in [5, 5.41) is 5.94. The number of nitrogens with one attached hydrogen (secondary N) is 2. The molecular weight excluding hydrogens is 292 g/mol. The summed E-state index contributed by atoms with van der Waals surface area (Å²) in [6, 6.07) is 6.42. The Morgan fingerprint density at radius 3 is 2.83 bits per heavy atom. The average Bonchev–Trinajstić information content (AvgIpc) is 2.83. The third-order valence-electron chi connectivity index (χ3n) is 3.44. The van der Waals surface area contributed by atoms with E-state index in [2.05, 4.69) is 39.6 Å². The predicted molar refractivity (Wildman–Crippen MR) is 76.5 cm³/mol. The van der Waals surface area contributed by atoms with E-state index in [4.69, 9.17) is 0 Å². The molecule has 98 valence electrons. The van der Waals surface area contributed by atoms with Crippen LogP contribution in [0.5, 0.6) is 0 Å². The van der Waals surface area contributed by atoms with Crippen molar-refractivity contribution in [3.63, 3.8) is 0 Å². The van der Waals surface area contributed by atoms with Gasteiger partial charge in [0.15, 0.2) is 0 Å². The second-order valence-electron chi connectivity index (χ2n) is 4.88. The van der Waals surface area contributed by atoms with E-state index in [1.54, 1.807) is 0 Å². The van der Waals surface area contributed by atoms with Crippen molar-refractivity contribution >= 4 is 22.0 Å². The van der Waals surface area contributed by atoms with Gasteiger partial charge in [-0.1, -0.05) is 34.8 Å². The number of benzene rings is 1. The van der Waals surface area contributed by atoms with Gasteiger partial charge in [0.1, 0.15) is 0 Å². The Morgan fingerprint density at radius 1 is 1.39 bits per heavy atom. The van der Waals surface area contributed by atoms with Gasteiger partial charge >= 0.3 is 6.03 Å². The minimum absolute atomic E-state index is 0.0544. The van der Waals surface area contributed by atoms with Gasteiger partial charge in [-0.15, -0.1) is 0 Å². The zero-order valence-corrected chi connectivity index (χ0v) is 12.2. The molecule has 2 rings (SSSR count). The maximum Gasteiger partial charge on any atom is 0.315 e. The zero-order chi connectivity index (χ0) is 13.0. The minimum Gasteiger partial charge on any atom is -0.335 e. The molecule has 18 heavy (non-hydrogen) atoms. The number of aryl methyl sites for hydroxylation is 1. The van der Waals surface area contributed by atoms with Crippen LogP contribution < -0.4 is 10.6 Å². The Morgan fingerprint density at radius 2 is 2.11 bits per heavy atom. The van der Waals surface area contributed by atoms with Crippen molar-refractivity contribution in [3.8, 4) is 0 Å². The molecule has 4 heteroatoms. The van der Waals surface area contributed by atoms with Gasteiger partial charge in [0.25, 0.3) is 0 Å². The maximum atomic E-state index is 11.7. The molecule has 1 aliphatic carbocycles. The molecule has 0 aliphatic heterocycles. The van der Waals surface area contributed by atoms with Gasteiger partial charge in [-0.2, -0.15) is 0 Å². The van der Waals surface area contributed by atoms with Gasteiger partial charge in [-0.3, -0.25) is 0 Å². The van der Waals surface area contributed by atoms with E-state index in [-0.39, 0.29) is 6.03 Å². The summed E-state index contributed by atoms with van der Waals surface area (Å²) >= 11 is 3.45. The number of carbonyl (C=O) groups excluding carboxylic acids is 1. The van der Waals surface area contributed by atoms with Crippen LogP contribution in [0.2, 0.25) is 0 Å². The lowest BCUT2D eigenvalue weighted by molar-refractivity contribution is 0.236. The molecule has 1 saturated carbocycles. The number of hydrogen-bond acceptors (Lipinski definition) is 1. The second-order valence-corrected chi connectivity index (χ2v) is 5.79. The molecule has 2 amide bonds. The lowest BCUT2D eigenvalue weighted by atomic mass is 10.1. The van der Waals surface area contributed by atoms with Gasteiger partial charge in [0.2, 0.25) is 0 Å². The highest BCUT2D eigenvalue weighted by atomic mass is 79.9. The summed E-state index contributed by atoms with van der Waals surface area (Å²) in [6.07, 6.45) is 4.69. The molecule has 1 aromatic carbocycles. The Kier molecular flexibility index (Phi) is 4.64. The van der Waals surface area contributed by atoms with Crippen molar-refractivity contribution in [2.45, 2.75) is 45.2 Å². The molecule has 0 radical (unpaired) electrons. The first-order chi connectivity index (χ1) is 8.65. The van der Waals surface area contributed by atoms with Gasteiger partial charge in [0, 0.05) is 17.1 Å². The van der Waals surface area contributed by atoms with Gasteiger partial charge < -0.3 is 10.6 Å². The summed E-state index contributed by atoms with van der Waals surface area (Å²) in [6.45, 7) is 2.63. The van der Waals surface area contributed by atoms with Gasteiger partial charge in [0.05, 0.1) is 0 Å². The molecule has 0 saturated heterocycles. The van der Waals surface area contributed by atoms with Crippen molar-refractivity contribution < 1.29 is 4.79 Å². The summed E-state index contributed by atoms with van der Waals surface area (Å²) < 4.78 is 1.04. The Bertz CT molecular complexity index is 428. The smallest absolute Gasteiger partial charge is 0.315 e. The van der Waals surface area contributed by atoms with E-state index in [9.17, 15) is 4.79 Å². The fourth-order valence-corrected chi connectivity index (χ4v) is 2.72. The van der Waals surface area contributed by atoms with Crippen molar-refractivity contribution in [3.05, 3.63) is 33.8 Å². The van der Waals surface area contributed by atoms with Crippen LogP contribution in [0.15, 0.2) is 22.7 Å². The molecular formula is C14H19BrN2O. The number of carbonyl (C=O) groups is 1. The Balaban J connectivity index is 1.83. The van der Waals surface area contributed by atoms with E-state index in [0.717, 1.165) is 22.9 Å². The number of hydrogen-bond donors (Lipinski definition) is 2. The molecule has 0 aromatic heterocycles. The summed E-state index contributed by atoms with van der Waals surface area (Å²) in [5.74, 6) is 0. The summed E-state index contributed by atoms with van der Waals surface area (Å²) in [4.78, 5) is 11.7. The topological polar surface area (TPSA) is 41.1 Å². The van der Waals surface area contributed by atoms with Gasteiger partial charge in [-0.05, 0) is 43.0 Å². The lowest BCUT2D eigenvalue weighted by Crippen LogP contribution is -2.40. The first-order valence-electron chi connectivity index (χ1n) is 6.44. The number of halogens is 1. The van der Waals surface area contributed by atoms with Crippen LogP contribution in [-0.4, -0.2) is 12.1 Å². The molecule has 1 aromatic rings. The molecule has 0 atom stereocenters. The zero-order valence-electron chi connectivity index (χ0n) is 10.6. The van der Waals surface area contributed by atoms with Crippen LogP contribution in [0.4, 0.5) is 4.79 Å². The fourth-order valence-electron chi connectivity index (χ4n) is 2.31. The van der Waals surface area contributed by atoms with E-state index >= 15 is 0 Å². The second kappa shape index (κ2) is 6.23. The molecule has 0 bridgehead atoms. The average molecular weight is 311 g/mol. The van der Waals surface area contributed by atoms with Crippen LogP contribution in [-0.2, 0) is 6.54 Å². The van der Waals surface area contributed by atoms with E-state index in [1.807, 2.05) is 12.1 Å². The standard InChI is InChI=1S/C14H19BrN2O/c1-10-6-7-12(15)8-11(10)9-16-14(18)17-13-4-2-3-5-13/h6-8,13H,2-5,9H2,1H3,(H2,16,17,18). The monoisotopic (exact) mass is 310 g/mol. The van der Waals surface area contributed by atoms with Crippen LogP contribution in [0.3, 0.4) is 0 Å². The number of rotatable bonds is 3. The molecule has 0 spiro atoms. The van der Waals surface area contributed by atoms with Crippen molar-refractivity contribution in [2.24, 2.45) is 0 Å². The Labute approximate surface area is 116 Å². The minimum atomic E-state index is -0.0544. The van der Waals surface area contributed by atoms with E-state index in [1.165, 1.54) is 18.4 Å². The van der Waals surface area contributed by atoms with Crippen molar-refractivity contribution in [2.75, 3.05) is 0 Å². The van der Waals surface area contributed by atoms with Crippen LogP contribution >= 0.6 is 15.9 Å². The maximum absolute atomic E-state index is 11.7.